The molecule has 0 aliphatic carbocycles. The number of hydrogen-bond donors (Lipinski definition) is 3. The Balaban J connectivity index is 2.50. The molecule has 1 aliphatic rings. The van der Waals surface area contributed by atoms with Crippen molar-refractivity contribution in [2.75, 3.05) is 26.2 Å². The molecule has 8 nitrogen and oxygen atoms in total. The summed E-state index contributed by atoms with van der Waals surface area (Å²) in [5.74, 6) is -2.61. The Morgan fingerprint density at radius 3 is 2.05 bits per heavy atom. The normalized spacial score (nSPS) is 17.9. The van der Waals surface area contributed by atoms with Crippen LogP contribution in [-0.4, -0.2) is 76.2 Å². The second kappa shape index (κ2) is 7.09. The summed E-state index contributed by atoms with van der Waals surface area (Å²) in [5, 5.41) is 19.7. The van der Waals surface area contributed by atoms with Crippen LogP contribution in [0.3, 0.4) is 0 Å². The maximum absolute atomic E-state index is 11.9. The zero-order valence-electron chi connectivity index (χ0n) is 11.7. The molecule has 0 aromatic carbocycles. The molecule has 2 amide bonds. The van der Waals surface area contributed by atoms with Crippen molar-refractivity contribution in [2.24, 2.45) is 0 Å². The number of hydrogen-bond acceptors (Lipinski definition) is 4. The molecule has 0 radical (unpaired) electrons. The van der Waals surface area contributed by atoms with Crippen LogP contribution in [0, 0.1) is 0 Å². The summed E-state index contributed by atoms with van der Waals surface area (Å²) < 4.78 is 0. The van der Waals surface area contributed by atoms with Crippen LogP contribution in [0.5, 0.6) is 0 Å². The van der Waals surface area contributed by atoms with Crippen molar-refractivity contribution >= 4 is 18.0 Å². The fourth-order valence-electron chi connectivity index (χ4n) is 2.06. The Bertz CT molecular complexity index is 377. The second-order valence-corrected chi connectivity index (χ2v) is 5.05. The highest BCUT2D eigenvalue weighted by atomic mass is 16.4. The summed E-state index contributed by atoms with van der Waals surface area (Å²) in [6, 6.07) is -1.52. The van der Waals surface area contributed by atoms with Gasteiger partial charge in [-0.2, -0.15) is 0 Å². The van der Waals surface area contributed by atoms with Gasteiger partial charge in [-0.15, -0.1) is 0 Å². The molecule has 1 saturated heterocycles. The fourth-order valence-corrected chi connectivity index (χ4v) is 2.06. The molecule has 0 spiro atoms. The van der Waals surface area contributed by atoms with Gasteiger partial charge in [0.15, 0.2) is 0 Å². The number of carbonyl (C=O) groups excluding carboxylic acids is 1. The van der Waals surface area contributed by atoms with Gasteiger partial charge >= 0.3 is 18.0 Å². The Labute approximate surface area is 117 Å². The lowest BCUT2D eigenvalue weighted by atomic mass is 10.2. The van der Waals surface area contributed by atoms with Gasteiger partial charge in [-0.1, -0.05) is 0 Å². The van der Waals surface area contributed by atoms with Gasteiger partial charge in [-0.25, -0.2) is 9.59 Å². The predicted molar refractivity (Wildman–Crippen MR) is 70.5 cm³/mol. The van der Waals surface area contributed by atoms with Crippen LogP contribution in [-0.2, 0) is 9.59 Å². The number of carboxylic acid groups (broad SMARTS) is 2. The van der Waals surface area contributed by atoms with Crippen molar-refractivity contribution < 1.29 is 24.6 Å². The van der Waals surface area contributed by atoms with Gasteiger partial charge in [0.2, 0.25) is 0 Å². The third-order valence-electron chi connectivity index (χ3n) is 3.31. The number of aliphatic carboxylic acids is 2. The monoisotopic (exact) mass is 287 g/mol. The van der Waals surface area contributed by atoms with Gasteiger partial charge in [-0.05, 0) is 13.8 Å². The summed E-state index contributed by atoms with van der Waals surface area (Å²) in [6.45, 7) is 6.60. The summed E-state index contributed by atoms with van der Waals surface area (Å²) in [4.78, 5) is 37.1. The van der Waals surface area contributed by atoms with Gasteiger partial charge in [0.05, 0.1) is 6.42 Å². The molecule has 0 unspecified atom stereocenters. The highest BCUT2D eigenvalue weighted by Gasteiger charge is 2.27. The molecule has 1 fully saturated rings. The number of nitrogens with zero attached hydrogens (tertiary/aromatic N) is 2. The van der Waals surface area contributed by atoms with E-state index < -0.39 is 30.4 Å². The highest BCUT2D eigenvalue weighted by Crippen LogP contribution is 2.06. The van der Waals surface area contributed by atoms with E-state index in [-0.39, 0.29) is 0 Å². The largest absolute Gasteiger partial charge is 0.481 e. The first-order valence-electron chi connectivity index (χ1n) is 6.55. The average molecular weight is 287 g/mol. The van der Waals surface area contributed by atoms with Gasteiger partial charge in [0.1, 0.15) is 6.04 Å². The maximum atomic E-state index is 11.9. The first kappa shape index (κ1) is 16.2. The molecule has 1 rings (SSSR count). The fraction of sp³-hybridized carbons (Fsp3) is 0.750. The minimum Gasteiger partial charge on any atom is -0.481 e. The molecule has 1 aliphatic heterocycles. The van der Waals surface area contributed by atoms with Crippen molar-refractivity contribution in [3.8, 4) is 0 Å². The Hall–Kier alpha value is -1.83. The number of amides is 2. The van der Waals surface area contributed by atoms with Crippen LogP contribution in [0.1, 0.15) is 20.3 Å². The number of piperazine rings is 1. The lowest BCUT2D eigenvalue weighted by Crippen LogP contribution is -2.55. The summed E-state index contributed by atoms with van der Waals surface area (Å²) in [6.07, 6.45) is -0.632. The summed E-state index contributed by atoms with van der Waals surface area (Å²) >= 11 is 0. The molecular formula is C12H21N3O5. The molecule has 1 atom stereocenters. The van der Waals surface area contributed by atoms with Gasteiger partial charge in [-0.3, -0.25) is 9.69 Å². The van der Waals surface area contributed by atoms with Gasteiger partial charge in [0, 0.05) is 32.2 Å². The minimum atomic E-state index is -1.40. The van der Waals surface area contributed by atoms with E-state index >= 15 is 0 Å². The van der Waals surface area contributed by atoms with Crippen LogP contribution in [0.2, 0.25) is 0 Å². The topological polar surface area (TPSA) is 110 Å². The summed E-state index contributed by atoms with van der Waals surface area (Å²) in [5.41, 5.74) is 0. The average Bonchev–Trinajstić information content (AvgIpc) is 2.37. The number of rotatable bonds is 5. The first-order chi connectivity index (χ1) is 9.31. The quantitative estimate of drug-likeness (QED) is 0.637. The molecule has 0 bridgehead atoms. The van der Waals surface area contributed by atoms with E-state index in [1.807, 2.05) is 0 Å². The number of carbonyl (C=O) groups is 3. The molecule has 3 N–H and O–H groups in total. The Morgan fingerprint density at radius 1 is 1.10 bits per heavy atom. The molecule has 0 aromatic heterocycles. The third-order valence-corrected chi connectivity index (χ3v) is 3.31. The Morgan fingerprint density at radius 2 is 1.65 bits per heavy atom. The Kier molecular flexibility index (Phi) is 5.75. The van der Waals surface area contributed by atoms with Gasteiger partial charge in [0.25, 0.3) is 0 Å². The van der Waals surface area contributed by atoms with Crippen LogP contribution in [0.15, 0.2) is 0 Å². The van der Waals surface area contributed by atoms with Crippen LogP contribution in [0.4, 0.5) is 4.79 Å². The molecular weight excluding hydrogens is 266 g/mol. The first-order valence-corrected chi connectivity index (χ1v) is 6.55. The zero-order valence-corrected chi connectivity index (χ0v) is 11.7. The summed E-state index contributed by atoms with van der Waals surface area (Å²) in [7, 11) is 0. The smallest absolute Gasteiger partial charge is 0.326 e. The minimum absolute atomic E-state index is 0.402. The molecule has 0 aromatic rings. The van der Waals surface area contributed by atoms with E-state index in [0.717, 1.165) is 13.1 Å². The van der Waals surface area contributed by atoms with E-state index in [1.54, 1.807) is 0 Å². The van der Waals surface area contributed by atoms with Crippen LogP contribution >= 0.6 is 0 Å². The zero-order chi connectivity index (χ0) is 15.3. The van der Waals surface area contributed by atoms with Crippen molar-refractivity contribution in [1.29, 1.82) is 0 Å². The lowest BCUT2D eigenvalue weighted by molar-refractivity contribution is -0.145. The molecule has 0 saturated carbocycles. The maximum Gasteiger partial charge on any atom is 0.326 e. The van der Waals surface area contributed by atoms with Crippen molar-refractivity contribution in [2.45, 2.75) is 32.4 Å². The number of nitrogens with one attached hydrogen (secondary N) is 1. The van der Waals surface area contributed by atoms with E-state index in [9.17, 15) is 14.4 Å². The van der Waals surface area contributed by atoms with E-state index in [4.69, 9.17) is 10.2 Å². The van der Waals surface area contributed by atoms with Gasteiger partial charge < -0.3 is 20.4 Å². The van der Waals surface area contributed by atoms with Crippen molar-refractivity contribution in [1.82, 2.24) is 15.1 Å². The number of urea groups is 1. The second-order valence-electron chi connectivity index (χ2n) is 5.05. The standard InChI is InChI=1S/C12H21N3O5/c1-8(2)14-3-5-15(6-4-14)12(20)13-9(11(18)19)7-10(16)17/h8-9H,3-7H2,1-2H3,(H,13,20)(H,16,17)(H,18,19)/t9-/m0/s1. The van der Waals surface area contributed by atoms with Crippen LogP contribution in [0.25, 0.3) is 0 Å². The van der Waals surface area contributed by atoms with E-state index in [0.29, 0.717) is 19.1 Å². The molecule has 8 heteroatoms. The van der Waals surface area contributed by atoms with Crippen molar-refractivity contribution in [3.63, 3.8) is 0 Å². The highest BCUT2D eigenvalue weighted by molar-refractivity contribution is 5.86. The predicted octanol–water partition coefficient (Wildman–Crippen LogP) is -0.350. The van der Waals surface area contributed by atoms with E-state index in [2.05, 4.69) is 24.1 Å². The molecule has 114 valence electrons. The molecule has 20 heavy (non-hydrogen) atoms. The van der Waals surface area contributed by atoms with Crippen molar-refractivity contribution in [3.05, 3.63) is 0 Å². The van der Waals surface area contributed by atoms with E-state index in [1.165, 1.54) is 4.90 Å². The molecule has 1 heterocycles. The SMILES string of the molecule is CC(C)N1CCN(C(=O)N[C@@H](CC(=O)O)C(=O)O)CC1. The third kappa shape index (κ3) is 4.69. The number of carboxylic acids is 2. The lowest BCUT2D eigenvalue weighted by Gasteiger charge is -2.37. The van der Waals surface area contributed by atoms with Crippen LogP contribution < -0.4 is 5.32 Å².